The monoisotopic (exact) mass is 652 g/mol. The molecule has 4 aliphatic carbocycles. The molecule has 8 rings (SSSR count). The Bertz CT molecular complexity index is 1430. The van der Waals surface area contributed by atoms with Crippen LogP contribution in [-0.2, 0) is 33.3 Å². The van der Waals surface area contributed by atoms with E-state index in [-0.39, 0.29) is 48.1 Å². The summed E-state index contributed by atoms with van der Waals surface area (Å²) in [5.41, 5.74) is -1.62. The van der Waals surface area contributed by atoms with Crippen molar-refractivity contribution in [3.05, 3.63) is 41.5 Å². The predicted molar refractivity (Wildman–Crippen MR) is 167 cm³/mol. The minimum absolute atomic E-state index is 0.0789. The number of aldehydes is 1. The third kappa shape index (κ3) is 4.72. The van der Waals surface area contributed by atoms with E-state index >= 15 is 0 Å². The Morgan fingerprint density at radius 2 is 1.74 bits per heavy atom. The first kappa shape index (κ1) is 31.9. The smallest absolute Gasteiger partial charge is 0.331 e. The van der Waals surface area contributed by atoms with Gasteiger partial charge in [0.2, 0.25) is 0 Å². The van der Waals surface area contributed by atoms with E-state index in [9.17, 15) is 19.8 Å². The van der Waals surface area contributed by atoms with Crippen molar-refractivity contribution in [3.63, 3.8) is 0 Å². The molecule has 10 heteroatoms. The number of cyclic esters (lactones) is 1. The van der Waals surface area contributed by atoms with Gasteiger partial charge < -0.3 is 43.4 Å². The van der Waals surface area contributed by atoms with Crippen LogP contribution in [0.1, 0.15) is 89.9 Å². The Morgan fingerprint density at radius 1 is 0.957 bits per heavy atom. The van der Waals surface area contributed by atoms with Crippen molar-refractivity contribution in [1.82, 2.24) is 0 Å². The zero-order chi connectivity index (χ0) is 32.8. The number of rotatable bonds is 6. The van der Waals surface area contributed by atoms with E-state index in [0.717, 1.165) is 42.4 Å². The summed E-state index contributed by atoms with van der Waals surface area (Å²) in [4.78, 5) is 25.1. The second-order valence-corrected chi connectivity index (χ2v) is 15.6. The number of ether oxygens (including phenoxy) is 6. The van der Waals surface area contributed by atoms with Gasteiger partial charge in [-0.25, -0.2) is 4.79 Å². The molecule has 0 unspecified atom stereocenters. The van der Waals surface area contributed by atoms with Crippen LogP contribution < -0.4 is 4.74 Å². The van der Waals surface area contributed by atoms with Crippen molar-refractivity contribution in [3.8, 4) is 5.75 Å². The standard InChI is InChI=1S/C37H48O10/c1-21-32-29(46-33(47-32)22-4-6-24(42-3)7-5-22)17-31(44-21)45-25-8-13-35(20-38)27-9-12-34(2)26(23-16-30(39)43-19-23)11-15-37(34,41)28(27)10-14-36(35,40)18-25/h4-7,16,20-21,25-29,31-33,40-41H,8-15,17-19H2,1-3H3/t21-,25+,26-,27+,28+,29+,31-,32+,33+,34+,35-,36-,37-/m0/s1. The summed E-state index contributed by atoms with van der Waals surface area (Å²) in [6, 6.07) is 7.66. The van der Waals surface area contributed by atoms with Crippen LogP contribution in [0.2, 0.25) is 0 Å². The third-order valence-corrected chi connectivity index (χ3v) is 13.8. The maximum Gasteiger partial charge on any atom is 0.331 e. The number of carbonyl (C=O) groups excluding carboxylic acids is 2. The molecule has 0 spiro atoms. The summed E-state index contributed by atoms with van der Waals surface area (Å²) in [6.07, 6.45) is 6.74. The summed E-state index contributed by atoms with van der Waals surface area (Å²) < 4.78 is 36.0. The highest BCUT2D eigenvalue weighted by molar-refractivity contribution is 5.85. The number of fused-ring (bicyclic) bond motifs is 6. The van der Waals surface area contributed by atoms with Crippen LogP contribution in [0.5, 0.6) is 5.75 Å². The van der Waals surface area contributed by atoms with Crippen LogP contribution in [0.25, 0.3) is 0 Å². The van der Waals surface area contributed by atoms with Crippen molar-refractivity contribution in [1.29, 1.82) is 0 Å². The number of hydrogen-bond donors (Lipinski definition) is 2. The summed E-state index contributed by atoms with van der Waals surface area (Å²) in [5.74, 6) is 0.342. The lowest BCUT2D eigenvalue weighted by Crippen LogP contribution is -2.69. The Kier molecular flexibility index (Phi) is 7.70. The highest BCUT2D eigenvalue weighted by atomic mass is 16.8. The van der Waals surface area contributed by atoms with Gasteiger partial charge in [0, 0.05) is 29.9 Å². The zero-order valence-electron chi connectivity index (χ0n) is 27.6. The maximum absolute atomic E-state index is 13.2. The van der Waals surface area contributed by atoms with Crippen LogP contribution in [0.15, 0.2) is 35.9 Å². The molecule has 0 aromatic heterocycles. The van der Waals surface area contributed by atoms with E-state index in [2.05, 4.69) is 6.92 Å². The minimum Gasteiger partial charge on any atom is -0.497 e. The average molecular weight is 653 g/mol. The largest absolute Gasteiger partial charge is 0.497 e. The van der Waals surface area contributed by atoms with E-state index in [1.54, 1.807) is 13.2 Å². The van der Waals surface area contributed by atoms with Crippen molar-refractivity contribution < 1.29 is 48.2 Å². The highest BCUT2D eigenvalue weighted by Crippen LogP contribution is 2.70. The van der Waals surface area contributed by atoms with Crippen LogP contribution in [-0.4, -0.2) is 78.1 Å². The Hall–Kier alpha value is -2.34. The van der Waals surface area contributed by atoms with Gasteiger partial charge in [0.15, 0.2) is 12.6 Å². The number of methoxy groups -OCH3 is 1. The first-order valence-electron chi connectivity index (χ1n) is 17.6. The minimum atomic E-state index is -1.22. The summed E-state index contributed by atoms with van der Waals surface area (Å²) in [6.45, 7) is 4.44. The van der Waals surface area contributed by atoms with Gasteiger partial charge in [-0.1, -0.05) is 19.1 Å². The molecule has 4 saturated carbocycles. The fourth-order valence-corrected chi connectivity index (χ4v) is 11.3. The number of benzene rings is 1. The van der Waals surface area contributed by atoms with Gasteiger partial charge in [0.05, 0.1) is 42.0 Å². The maximum atomic E-state index is 13.2. The second-order valence-electron chi connectivity index (χ2n) is 15.6. The fraction of sp³-hybridized carbons (Fsp3) is 0.730. The van der Waals surface area contributed by atoms with E-state index in [1.807, 2.05) is 31.2 Å². The fourth-order valence-electron chi connectivity index (χ4n) is 11.3. The Balaban J connectivity index is 0.948. The zero-order valence-corrected chi connectivity index (χ0v) is 27.6. The van der Waals surface area contributed by atoms with Gasteiger partial charge in [-0.2, -0.15) is 0 Å². The topological polar surface area (TPSA) is 130 Å². The molecule has 1 aromatic carbocycles. The molecule has 2 N–H and O–H groups in total. The molecular weight excluding hydrogens is 604 g/mol. The highest BCUT2D eigenvalue weighted by Gasteiger charge is 2.71. The van der Waals surface area contributed by atoms with Crippen LogP contribution in [0.3, 0.4) is 0 Å². The van der Waals surface area contributed by atoms with E-state index in [1.165, 1.54) is 0 Å². The van der Waals surface area contributed by atoms with E-state index < -0.39 is 34.6 Å². The molecule has 2 saturated heterocycles. The van der Waals surface area contributed by atoms with Gasteiger partial charge >= 0.3 is 5.97 Å². The van der Waals surface area contributed by atoms with Crippen LogP contribution >= 0.6 is 0 Å². The molecule has 0 bridgehead atoms. The molecule has 47 heavy (non-hydrogen) atoms. The second kappa shape index (κ2) is 11.4. The molecule has 6 fully saturated rings. The Morgan fingerprint density at radius 3 is 2.47 bits per heavy atom. The normalized spacial score (nSPS) is 48.8. The van der Waals surface area contributed by atoms with Crippen molar-refractivity contribution in [2.24, 2.45) is 28.6 Å². The molecule has 7 aliphatic rings. The van der Waals surface area contributed by atoms with Gasteiger partial charge in [0.1, 0.15) is 24.7 Å². The van der Waals surface area contributed by atoms with Gasteiger partial charge in [0.25, 0.3) is 0 Å². The average Bonchev–Trinajstić information content (AvgIpc) is 3.76. The molecule has 3 heterocycles. The lowest BCUT2D eigenvalue weighted by atomic mass is 9.41. The third-order valence-electron chi connectivity index (χ3n) is 13.8. The molecule has 1 aromatic rings. The predicted octanol–water partition coefficient (Wildman–Crippen LogP) is 4.55. The number of aliphatic hydroxyl groups is 2. The number of esters is 1. The van der Waals surface area contributed by atoms with Crippen LogP contribution in [0.4, 0.5) is 0 Å². The van der Waals surface area contributed by atoms with Gasteiger partial charge in [-0.3, -0.25) is 0 Å². The number of carbonyl (C=O) groups is 2. The van der Waals surface area contributed by atoms with Crippen molar-refractivity contribution in [2.45, 2.75) is 126 Å². The Labute approximate surface area is 276 Å². The number of hydrogen-bond acceptors (Lipinski definition) is 10. The van der Waals surface area contributed by atoms with Gasteiger partial charge in [-0.05, 0) is 93.7 Å². The molecule has 13 atom stereocenters. The quantitative estimate of drug-likeness (QED) is 0.257. The summed E-state index contributed by atoms with van der Waals surface area (Å²) in [7, 11) is 1.64. The lowest BCUT2D eigenvalue weighted by Gasteiger charge is -2.65. The molecule has 3 aliphatic heterocycles. The summed E-state index contributed by atoms with van der Waals surface area (Å²) in [5, 5.41) is 24.9. The van der Waals surface area contributed by atoms with Crippen LogP contribution in [0, 0.1) is 28.6 Å². The van der Waals surface area contributed by atoms with E-state index in [4.69, 9.17) is 28.4 Å². The van der Waals surface area contributed by atoms with Crippen molar-refractivity contribution in [2.75, 3.05) is 13.7 Å². The lowest BCUT2D eigenvalue weighted by molar-refractivity contribution is -0.278. The molecule has 0 radical (unpaired) electrons. The SMILES string of the molecule is COc1ccc([C@H]2O[C@@H]3[C@H](C)O[C@@H](O[C@@H]4CC[C@]5(C=O)[C@@H]6CC[C@]7(C)[C@H](C8=CC(=O)OC8)CC[C@]7(O)[C@@H]6CC[C@]5(O)C4)C[C@H]3O2)cc1. The molecule has 0 amide bonds. The molecule has 256 valence electrons. The molecular formula is C37H48O10. The summed E-state index contributed by atoms with van der Waals surface area (Å²) >= 11 is 0. The van der Waals surface area contributed by atoms with E-state index in [0.29, 0.717) is 51.6 Å². The van der Waals surface area contributed by atoms with Crippen molar-refractivity contribution >= 4 is 12.3 Å². The first-order chi connectivity index (χ1) is 22.5. The molecule has 10 nitrogen and oxygen atoms in total. The van der Waals surface area contributed by atoms with Gasteiger partial charge in [-0.15, -0.1) is 0 Å². The first-order valence-corrected chi connectivity index (χ1v) is 17.6.